The molecule has 1 aliphatic heterocycles. The van der Waals surface area contributed by atoms with Crippen LogP contribution in [0.15, 0.2) is 0 Å². The summed E-state index contributed by atoms with van der Waals surface area (Å²) in [6.07, 6.45) is 6.08. The molecule has 1 amide bonds. The lowest BCUT2D eigenvalue weighted by atomic mass is 9.89. The van der Waals surface area contributed by atoms with Crippen LogP contribution in [0.1, 0.15) is 32.1 Å². The van der Waals surface area contributed by atoms with Crippen molar-refractivity contribution in [1.82, 2.24) is 5.32 Å². The predicted molar refractivity (Wildman–Crippen MR) is 60.1 cm³/mol. The van der Waals surface area contributed by atoms with Crippen LogP contribution in [0.3, 0.4) is 0 Å². The lowest BCUT2D eigenvalue weighted by Crippen LogP contribution is -2.44. The number of carbonyl (C=O) groups excluding carboxylic acids is 1. The van der Waals surface area contributed by atoms with Crippen molar-refractivity contribution in [3.8, 4) is 0 Å². The Balaban J connectivity index is 1.65. The molecule has 0 aromatic rings. The van der Waals surface area contributed by atoms with Crippen molar-refractivity contribution in [2.75, 3.05) is 26.4 Å². The van der Waals surface area contributed by atoms with E-state index in [1.54, 1.807) is 0 Å². The lowest BCUT2D eigenvalue weighted by Gasteiger charge is -2.25. The van der Waals surface area contributed by atoms with E-state index < -0.39 is 6.10 Å². The minimum absolute atomic E-state index is 0.00901. The Kier molecular flexibility index (Phi) is 4.60. The molecule has 0 radical (unpaired) electrons. The second kappa shape index (κ2) is 6.21. The smallest absolute Gasteiger partial charge is 0.251 e. The molecule has 0 bridgehead atoms. The normalized spacial score (nSPS) is 27.6. The minimum atomic E-state index is -0.391. The zero-order valence-electron chi connectivity index (χ0n) is 9.74. The van der Waals surface area contributed by atoms with Gasteiger partial charge in [-0.1, -0.05) is 19.3 Å². The summed E-state index contributed by atoms with van der Waals surface area (Å²) in [6.45, 7) is 2.34. The lowest BCUT2D eigenvalue weighted by molar-refractivity contribution is -0.147. The Labute approximate surface area is 96.7 Å². The molecule has 1 atom stereocenters. The van der Waals surface area contributed by atoms with Gasteiger partial charge in [-0.3, -0.25) is 4.79 Å². The van der Waals surface area contributed by atoms with Crippen molar-refractivity contribution in [1.29, 1.82) is 0 Å². The fraction of sp³-hybridized carbons (Fsp3) is 0.917. The molecule has 1 unspecified atom stereocenters. The largest absolute Gasteiger partial charge is 0.376 e. The van der Waals surface area contributed by atoms with Crippen molar-refractivity contribution >= 4 is 5.91 Å². The Morgan fingerprint density at radius 1 is 1.19 bits per heavy atom. The van der Waals surface area contributed by atoms with Gasteiger partial charge in [-0.25, -0.2) is 0 Å². The zero-order valence-corrected chi connectivity index (χ0v) is 9.74. The average molecular weight is 227 g/mol. The van der Waals surface area contributed by atoms with Gasteiger partial charge in [0, 0.05) is 6.54 Å². The van der Waals surface area contributed by atoms with E-state index in [4.69, 9.17) is 9.47 Å². The van der Waals surface area contributed by atoms with Crippen molar-refractivity contribution in [2.24, 2.45) is 5.92 Å². The first kappa shape index (κ1) is 11.9. The van der Waals surface area contributed by atoms with Crippen molar-refractivity contribution in [3.63, 3.8) is 0 Å². The number of hydrogen-bond donors (Lipinski definition) is 1. The third kappa shape index (κ3) is 3.46. The first-order valence-electron chi connectivity index (χ1n) is 6.33. The fourth-order valence-corrected chi connectivity index (χ4v) is 2.39. The Hall–Kier alpha value is -0.610. The van der Waals surface area contributed by atoms with Crippen LogP contribution in [-0.4, -0.2) is 38.4 Å². The third-order valence-electron chi connectivity index (χ3n) is 3.40. The molecule has 1 aliphatic carbocycles. The highest BCUT2D eigenvalue weighted by atomic mass is 16.6. The molecule has 92 valence electrons. The van der Waals surface area contributed by atoms with Gasteiger partial charge in [-0.2, -0.15) is 0 Å². The summed E-state index contributed by atoms with van der Waals surface area (Å²) in [6, 6.07) is 0. The molecular formula is C12H21NO3. The van der Waals surface area contributed by atoms with Gasteiger partial charge in [0.15, 0.2) is 6.10 Å². The van der Waals surface area contributed by atoms with Crippen LogP contribution in [0.5, 0.6) is 0 Å². The molecule has 0 aromatic carbocycles. The second-order valence-electron chi connectivity index (χ2n) is 4.68. The van der Waals surface area contributed by atoms with Crippen LogP contribution in [0, 0.1) is 5.92 Å². The first-order valence-corrected chi connectivity index (χ1v) is 6.33. The van der Waals surface area contributed by atoms with Crippen LogP contribution >= 0.6 is 0 Å². The number of amides is 1. The van der Waals surface area contributed by atoms with Crippen LogP contribution in [0.4, 0.5) is 0 Å². The van der Waals surface area contributed by atoms with Gasteiger partial charge >= 0.3 is 0 Å². The van der Waals surface area contributed by atoms with E-state index in [9.17, 15) is 4.79 Å². The van der Waals surface area contributed by atoms with E-state index in [-0.39, 0.29) is 5.91 Å². The van der Waals surface area contributed by atoms with Gasteiger partial charge in [0.2, 0.25) is 0 Å². The summed E-state index contributed by atoms with van der Waals surface area (Å²) in [4.78, 5) is 11.7. The highest BCUT2D eigenvalue weighted by molar-refractivity contribution is 5.80. The van der Waals surface area contributed by atoms with E-state index in [0.29, 0.717) is 25.7 Å². The summed E-state index contributed by atoms with van der Waals surface area (Å²) < 4.78 is 10.6. The summed E-state index contributed by atoms with van der Waals surface area (Å²) >= 11 is 0. The SMILES string of the molecule is O=C(NCC1CCCCC1)C1COCCO1. The predicted octanol–water partition coefficient (Wildman–Crippen LogP) is 1.10. The Bertz CT molecular complexity index is 220. The monoisotopic (exact) mass is 227 g/mol. The number of nitrogens with one attached hydrogen (secondary N) is 1. The molecule has 2 fully saturated rings. The van der Waals surface area contributed by atoms with Gasteiger partial charge in [0.25, 0.3) is 5.91 Å². The fourth-order valence-electron chi connectivity index (χ4n) is 2.39. The molecular weight excluding hydrogens is 206 g/mol. The molecule has 16 heavy (non-hydrogen) atoms. The molecule has 2 aliphatic rings. The molecule has 2 rings (SSSR count). The minimum Gasteiger partial charge on any atom is -0.376 e. The second-order valence-corrected chi connectivity index (χ2v) is 4.68. The van der Waals surface area contributed by atoms with Crippen LogP contribution < -0.4 is 5.32 Å². The zero-order chi connectivity index (χ0) is 11.2. The Morgan fingerprint density at radius 2 is 2.00 bits per heavy atom. The van der Waals surface area contributed by atoms with E-state index in [1.807, 2.05) is 0 Å². The summed E-state index contributed by atoms with van der Waals surface area (Å²) in [5.41, 5.74) is 0. The van der Waals surface area contributed by atoms with E-state index in [2.05, 4.69) is 5.32 Å². The van der Waals surface area contributed by atoms with Crippen LogP contribution in [0.2, 0.25) is 0 Å². The maximum atomic E-state index is 11.7. The number of hydrogen-bond acceptors (Lipinski definition) is 3. The standard InChI is InChI=1S/C12H21NO3/c14-12(11-9-15-6-7-16-11)13-8-10-4-2-1-3-5-10/h10-11H,1-9H2,(H,13,14). The van der Waals surface area contributed by atoms with Gasteiger partial charge in [-0.05, 0) is 18.8 Å². The topological polar surface area (TPSA) is 47.6 Å². The van der Waals surface area contributed by atoms with Gasteiger partial charge in [-0.15, -0.1) is 0 Å². The number of rotatable bonds is 3. The molecule has 0 spiro atoms. The van der Waals surface area contributed by atoms with Crippen LogP contribution in [-0.2, 0) is 14.3 Å². The van der Waals surface area contributed by atoms with Crippen molar-refractivity contribution < 1.29 is 14.3 Å². The molecule has 0 aromatic heterocycles. The maximum Gasteiger partial charge on any atom is 0.251 e. The molecule has 1 heterocycles. The Morgan fingerprint density at radius 3 is 2.69 bits per heavy atom. The third-order valence-corrected chi connectivity index (χ3v) is 3.40. The molecule has 4 nitrogen and oxygen atoms in total. The highest BCUT2D eigenvalue weighted by Gasteiger charge is 2.23. The van der Waals surface area contributed by atoms with Crippen molar-refractivity contribution in [3.05, 3.63) is 0 Å². The van der Waals surface area contributed by atoms with E-state index >= 15 is 0 Å². The molecule has 1 saturated heterocycles. The molecule has 1 saturated carbocycles. The summed E-state index contributed by atoms with van der Waals surface area (Å²) in [5.74, 6) is 0.660. The average Bonchev–Trinajstić information content (AvgIpc) is 2.38. The quantitative estimate of drug-likeness (QED) is 0.785. The molecule has 1 N–H and O–H groups in total. The first-order chi connectivity index (χ1) is 7.86. The van der Waals surface area contributed by atoms with Gasteiger partial charge < -0.3 is 14.8 Å². The maximum absolute atomic E-state index is 11.7. The molecule has 4 heteroatoms. The number of ether oxygens (including phenoxy) is 2. The summed E-state index contributed by atoms with van der Waals surface area (Å²) in [5, 5.41) is 2.98. The van der Waals surface area contributed by atoms with Crippen molar-refractivity contribution in [2.45, 2.75) is 38.2 Å². The number of carbonyl (C=O) groups is 1. The highest BCUT2D eigenvalue weighted by Crippen LogP contribution is 2.22. The van der Waals surface area contributed by atoms with Crippen LogP contribution in [0.25, 0.3) is 0 Å². The summed E-state index contributed by atoms with van der Waals surface area (Å²) in [7, 11) is 0. The van der Waals surface area contributed by atoms with Gasteiger partial charge in [0.05, 0.1) is 19.8 Å². The van der Waals surface area contributed by atoms with E-state index in [0.717, 1.165) is 6.54 Å². The van der Waals surface area contributed by atoms with E-state index in [1.165, 1.54) is 32.1 Å². The van der Waals surface area contributed by atoms with Gasteiger partial charge in [0.1, 0.15) is 0 Å².